The molecule has 188 valence electrons. The van der Waals surface area contributed by atoms with Gasteiger partial charge in [-0.2, -0.15) is 0 Å². The van der Waals surface area contributed by atoms with Crippen LogP contribution < -0.4 is 5.73 Å². The smallest absolute Gasteiger partial charge is 0.221 e. The molecule has 6 heteroatoms. The number of benzene rings is 3. The lowest BCUT2D eigenvalue weighted by molar-refractivity contribution is -0.117. The number of furan rings is 1. The van der Waals surface area contributed by atoms with E-state index in [0.717, 1.165) is 54.1 Å². The van der Waals surface area contributed by atoms with Crippen LogP contribution in [-0.2, 0) is 17.8 Å². The van der Waals surface area contributed by atoms with Crippen LogP contribution in [0, 0.1) is 5.92 Å². The third-order valence-corrected chi connectivity index (χ3v) is 8.93. The van der Waals surface area contributed by atoms with Crippen LogP contribution in [-0.4, -0.2) is 29.0 Å². The fourth-order valence-corrected chi connectivity index (χ4v) is 7.16. The molecule has 0 radical (unpaired) electrons. The lowest BCUT2D eigenvalue weighted by Gasteiger charge is -2.39. The van der Waals surface area contributed by atoms with Crippen LogP contribution in [0.1, 0.15) is 41.0 Å². The van der Waals surface area contributed by atoms with E-state index in [4.69, 9.17) is 10.2 Å². The summed E-state index contributed by atoms with van der Waals surface area (Å²) >= 11 is 1.65. The van der Waals surface area contributed by atoms with Crippen molar-refractivity contribution in [2.24, 2.45) is 11.7 Å². The molecule has 0 spiro atoms. The van der Waals surface area contributed by atoms with E-state index in [1.165, 1.54) is 21.6 Å². The average molecular weight is 511 g/mol. The quantitative estimate of drug-likeness (QED) is 0.323. The maximum Gasteiger partial charge on any atom is 0.221 e. The zero-order chi connectivity index (χ0) is 25.4. The topological polar surface area (TPSA) is 79.7 Å². The number of aromatic hydroxyl groups is 1. The number of nitrogens with zero attached hydrogens (tertiary/aromatic N) is 1. The van der Waals surface area contributed by atoms with Crippen molar-refractivity contribution in [2.75, 3.05) is 13.1 Å². The molecule has 1 fully saturated rings. The van der Waals surface area contributed by atoms with E-state index in [2.05, 4.69) is 29.2 Å². The Morgan fingerprint density at radius 1 is 1.03 bits per heavy atom. The van der Waals surface area contributed by atoms with E-state index in [1.807, 2.05) is 42.7 Å². The van der Waals surface area contributed by atoms with Gasteiger partial charge in [0.05, 0.1) is 23.8 Å². The first kappa shape index (κ1) is 23.9. The highest BCUT2D eigenvalue weighted by Crippen LogP contribution is 2.53. The zero-order valence-corrected chi connectivity index (χ0v) is 21.4. The van der Waals surface area contributed by atoms with Crippen molar-refractivity contribution in [3.63, 3.8) is 0 Å². The van der Waals surface area contributed by atoms with Crippen molar-refractivity contribution < 1.29 is 14.3 Å². The molecular weight excluding hydrogens is 480 g/mol. The van der Waals surface area contributed by atoms with E-state index in [9.17, 15) is 9.90 Å². The molecular formula is C31H30N2O3S. The molecule has 37 heavy (non-hydrogen) atoms. The molecule has 1 aromatic heterocycles. The Bertz CT molecular complexity index is 1420. The third kappa shape index (κ3) is 4.79. The monoisotopic (exact) mass is 510 g/mol. The van der Waals surface area contributed by atoms with Gasteiger partial charge in [-0.25, -0.2) is 0 Å². The number of amides is 1. The molecule has 1 unspecified atom stereocenters. The van der Waals surface area contributed by atoms with Gasteiger partial charge in [-0.1, -0.05) is 60.3 Å². The normalized spacial score (nSPS) is 17.8. The van der Waals surface area contributed by atoms with Gasteiger partial charge >= 0.3 is 0 Å². The lowest BCUT2D eigenvalue weighted by atomic mass is 9.75. The van der Waals surface area contributed by atoms with E-state index in [1.54, 1.807) is 24.1 Å². The first-order valence-electron chi connectivity index (χ1n) is 12.8. The number of carbonyl (C=O) groups excluding carboxylic acids is 1. The molecule has 5 nitrogen and oxygen atoms in total. The third-order valence-electron chi connectivity index (χ3n) is 7.70. The van der Waals surface area contributed by atoms with Gasteiger partial charge in [0, 0.05) is 22.9 Å². The SMILES string of the molecule is NC(=O)Cc1ccccc1-c1ccc2c(c1)Sc1c(O)cccc1C2C1CCN(Cc2ccoc2)CC1. The number of likely N-dealkylation sites (tertiary alicyclic amines) is 1. The molecule has 0 saturated carbocycles. The largest absolute Gasteiger partial charge is 0.507 e. The molecule has 0 aliphatic carbocycles. The van der Waals surface area contributed by atoms with Crippen LogP contribution >= 0.6 is 11.8 Å². The van der Waals surface area contributed by atoms with E-state index < -0.39 is 0 Å². The fourth-order valence-electron chi connectivity index (χ4n) is 5.96. The summed E-state index contributed by atoms with van der Waals surface area (Å²) in [6.45, 7) is 3.01. The van der Waals surface area contributed by atoms with Crippen molar-refractivity contribution in [3.05, 3.63) is 102 Å². The average Bonchev–Trinajstić information content (AvgIpc) is 3.41. The summed E-state index contributed by atoms with van der Waals surface area (Å²) in [5.41, 5.74) is 12.3. The Morgan fingerprint density at radius 3 is 2.65 bits per heavy atom. The van der Waals surface area contributed by atoms with Gasteiger partial charge in [-0.15, -0.1) is 0 Å². The highest BCUT2D eigenvalue weighted by Gasteiger charge is 2.35. The number of phenols is 1. The Kier molecular flexibility index (Phi) is 6.53. The van der Waals surface area contributed by atoms with Crippen LogP contribution in [0.3, 0.4) is 0 Å². The summed E-state index contributed by atoms with van der Waals surface area (Å²) in [5.74, 6) is 0.742. The lowest BCUT2D eigenvalue weighted by Crippen LogP contribution is -2.35. The molecule has 2 aliphatic heterocycles. The molecule has 1 amide bonds. The summed E-state index contributed by atoms with van der Waals surface area (Å²) in [6, 6.07) is 22.6. The second-order valence-corrected chi connectivity index (χ2v) is 11.1. The molecule has 3 N–H and O–H groups in total. The molecule has 4 aromatic rings. The number of primary amides is 1. The van der Waals surface area contributed by atoms with Crippen molar-refractivity contribution in [1.82, 2.24) is 4.90 Å². The molecule has 2 aliphatic rings. The van der Waals surface area contributed by atoms with Gasteiger partial charge < -0.3 is 15.3 Å². The van der Waals surface area contributed by atoms with E-state index >= 15 is 0 Å². The van der Waals surface area contributed by atoms with E-state index in [-0.39, 0.29) is 18.2 Å². The Labute approximate surface area is 221 Å². The van der Waals surface area contributed by atoms with Crippen molar-refractivity contribution in [3.8, 4) is 16.9 Å². The maximum absolute atomic E-state index is 11.7. The van der Waals surface area contributed by atoms with Gasteiger partial charge in [0.1, 0.15) is 5.75 Å². The maximum atomic E-state index is 11.7. The molecule has 6 rings (SSSR count). The zero-order valence-electron chi connectivity index (χ0n) is 20.6. The van der Waals surface area contributed by atoms with Crippen molar-refractivity contribution >= 4 is 17.7 Å². The number of hydrogen-bond donors (Lipinski definition) is 2. The summed E-state index contributed by atoms with van der Waals surface area (Å²) in [6.07, 6.45) is 5.99. The second kappa shape index (κ2) is 10.1. The minimum Gasteiger partial charge on any atom is -0.507 e. The van der Waals surface area contributed by atoms with Crippen LogP contribution in [0.25, 0.3) is 11.1 Å². The van der Waals surface area contributed by atoms with Crippen molar-refractivity contribution in [2.45, 2.75) is 41.5 Å². The first-order valence-corrected chi connectivity index (χ1v) is 13.6. The molecule has 1 atom stereocenters. The number of hydrogen-bond acceptors (Lipinski definition) is 5. The van der Waals surface area contributed by atoms with Crippen LogP contribution in [0.4, 0.5) is 0 Å². The summed E-state index contributed by atoms with van der Waals surface area (Å²) in [4.78, 5) is 16.3. The standard InChI is InChI=1S/C31H30N2O3S/c32-29(35)17-22-4-1-2-5-24(22)23-8-9-25-28(16-23)37-31-26(6-3-7-27(31)34)30(25)21-10-13-33(14-11-21)18-20-12-15-36-19-20/h1-9,12,15-16,19,21,30,34H,10-11,13-14,17-18H2,(H2,32,35). The van der Waals surface area contributed by atoms with Crippen LogP contribution in [0.2, 0.25) is 0 Å². The number of carbonyl (C=O) groups is 1. The Hall–Kier alpha value is -3.48. The number of phenolic OH excluding ortho intramolecular Hbond substituents is 1. The summed E-state index contributed by atoms with van der Waals surface area (Å²) < 4.78 is 5.25. The van der Waals surface area contributed by atoms with Crippen LogP contribution in [0.15, 0.2) is 93.5 Å². The predicted octanol–water partition coefficient (Wildman–Crippen LogP) is 6.19. The van der Waals surface area contributed by atoms with Gasteiger partial charge in [0.15, 0.2) is 0 Å². The highest BCUT2D eigenvalue weighted by molar-refractivity contribution is 7.99. The van der Waals surface area contributed by atoms with Gasteiger partial charge in [0.2, 0.25) is 5.91 Å². The number of piperidine rings is 1. The van der Waals surface area contributed by atoms with Crippen molar-refractivity contribution in [1.29, 1.82) is 0 Å². The number of nitrogens with two attached hydrogens (primary N) is 1. The van der Waals surface area contributed by atoms with Gasteiger partial charge in [0.25, 0.3) is 0 Å². The minimum atomic E-state index is -0.335. The Morgan fingerprint density at radius 2 is 1.86 bits per heavy atom. The molecule has 3 heterocycles. The first-order chi connectivity index (χ1) is 18.1. The molecule has 3 aromatic carbocycles. The molecule has 0 bridgehead atoms. The second-order valence-electron chi connectivity index (χ2n) is 10.1. The number of fused-ring (bicyclic) bond motifs is 2. The summed E-state index contributed by atoms with van der Waals surface area (Å²) in [7, 11) is 0. The Balaban J connectivity index is 1.33. The van der Waals surface area contributed by atoms with Crippen LogP contribution in [0.5, 0.6) is 5.75 Å². The predicted molar refractivity (Wildman–Crippen MR) is 146 cm³/mol. The van der Waals surface area contributed by atoms with Gasteiger partial charge in [-0.3, -0.25) is 9.69 Å². The van der Waals surface area contributed by atoms with Gasteiger partial charge in [-0.05, 0) is 77.9 Å². The highest BCUT2D eigenvalue weighted by atomic mass is 32.2. The minimum absolute atomic E-state index is 0.212. The molecule has 1 saturated heterocycles. The fraction of sp³-hybridized carbons (Fsp3) is 0.258. The summed E-state index contributed by atoms with van der Waals surface area (Å²) in [5, 5.41) is 10.8. The number of rotatable bonds is 6. The van der Waals surface area contributed by atoms with E-state index in [0.29, 0.717) is 11.7 Å².